The molecule has 0 aliphatic carbocycles. The van der Waals surface area contributed by atoms with Crippen molar-refractivity contribution in [2.24, 2.45) is 5.92 Å². The Bertz CT molecular complexity index is 1190. The number of anilines is 2. The summed E-state index contributed by atoms with van der Waals surface area (Å²) in [5, 5.41) is 1.51. The number of hydrogen-bond donors (Lipinski definition) is 0. The summed E-state index contributed by atoms with van der Waals surface area (Å²) in [6, 6.07) is 19.8. The van der Waals surface area contributed by atoms with Crippen LogP contribution in [0.4, 0.5) is 15.8 Å². The lowest BCUT2D eigenvalue weighted by molar-refractivity contribution is -0.126. The zero-order chi connectivity index (χ0) is 22.4. The predicted molar refractivity (Wildman–Crippen MR) is 117 cm³/mol. The summed E-state index contributed by atoms with van der Waals surface area (Å²) >= 11 is 5.76. The third kappa shape index (κ3) is 3.21. The molecule has 3 atom stereocenters. The Labute approximate surface area is 188 Å². The lowest BCUT2D eigenvalue weighted by atomic mass is 9.90. The van der Waals surface area contributed by atoms with Crippen LogP contribution in [0.1, 0.15) is 11.6 Å². The van der Waals surface area contributed by atoms with Gasteiger partial charge < -0.3 is 4.74 Å². The normalized spacial score (nSPS) is 22.4. The average molecular weight is 453 g/mol. The van der Waals surface area contributed by atoms with Crippen LogP contribution in [0.2, 0.25) is 5.02 Å². The summed E-state index contributed by atoms with van der Waals surface area (Å²) in [5.41, 5.74) is 1.63. The number of halogens is 2. The van der Waals surface area contributed by atoms with Crippen LogP contribution in [-0.2, 0) is 14.4 Å². The van der Waals surface area contributed by atoms with Gasteiger partial charge in [0, 0.05) is 0 Å². The Balaban J connectivity index is 1.56. The number of carbonyl (C=O) groups is 2. The molecule has 2 saturated heterocycles. The molecule has 3 aromatic rings. The van der Waals surface area contributed by atoms with Crippen molar-refractivity contribution in [1.82, 2.24) is 0 Å². The van der Waals surface area contributed by atoms with E-state index in [9.17, 15) is 14.0 Å². The van der Waals surface area contributed by atoms with Crippen LogP contribution in [0.5, 0.6) is 5.75 Å². The maximum Gasteiger partial charge on any atom is 0.266 e. The minimum atomic E-state index is -1.03. The van der Waals surface area contributed by atoms with Gasteiger partial charge in [0.25, 0.3) is 5.91 Å². The van der Waals surface area contributed by atoms with E-state index in [1.807, 2.05) is 30.3 Å². The molecule has 0 radical (unpaired) electrons. The van der Waals surface area contributed by atoms with E-state index in [0.29, 0.717) is 11.4 Å². The fourth-order valence-electron chi connectivity index (χ4n) is 4.24. The van der Waals surface area contributed by atoms with E-state index < -0.39 is 35.7 Å². The van der Waals surface area contributed by atoms with Gasteiger partial charge in [-0.3, -0.25) is 14.4 Å². The maximum atomic E-state index is 14.0. The van der Waals surface area contributed by atoms with Crippen LogP contribution in [0.3, 0.4) is 0 Å². The number of carbonyl (C=O) groups excluding carboxylic acids is 2. The monoisotopic (exact) mass is 452 g/mol. The first-order chi connectivity index (χ1) is 15.5. The van der Waals surface area contributed by atoms with Crippen LogP contribution < -0.4 is 14.7 Å². The first-order valence-corrected chi connectivity index (χ1v) is 10.4. The second-order valence-corrected chi connectivity index (χ2v) is 7.95. The molecule has 0 bridgehead atoms. The fourth-order valence-corrected chi connectivity index (χ4v) is 4.35. The molecule has 2 aliphatic heterocycles. The second kappa shape index (κ2) is 7.93. The highest BCUT2D eigenvalue weighted by Gasteiger charge is 2.60. The van der Waals surface area contributed by atoms with Gasteiger partial charge in [0.05, 0.1) is 29.5 Å². The molecule has 2 aliphatic rings. The van der Waals surface area contributed by atoms with Crippen LogP contribution >= 0.6 is 11.6 Å². The van der Waals surface area contributed by atoms with E-state index in [4.69, 9.17) is 21.2 Å². The number of methoxy groups -OCH3 is 1. The zero-order valence-corrected chi connectivity index (χ0v) is 17.7. The lowest BCUT2D eigenvalue weighted by Crippen LogP contribution is -2.37. The van der Waals surface area contributed by atoms with E-state index in [1.54, 1.807) is 36.4 Å². The Morgan fingerprint density at radius 3 is 2.28 bits per heavy atom. The average Bonchev–Trinajstić information content (AvgIpc) is 3.32. The molecule has 0 unspecified atom stereocenters. The number of rotatable bonds is 4. The molecule has 162 valence electrons. The van der Waals surface area contributed by atoms with Gasteiger partial charge in [-0.1, -0.05) is 41.9 Å². The number of hydroxylamine groups is 1. The van der Waals surface area contributed by atoms with Crippen molar-refractivity contribution < 1.29 is 23.6 Å². The van der Waals surface area contributed by atoms with Gasteiger partial charge >= 0.3 is 0 Å². The van der Waals surface area contributed by atoms with Crippen LogP contribution in [0.15, 0.2) is 72.8 Å². The Morgan fingerprint density at radius 1 is 0.938 bits per heavy atom. The number of benzene rings is 3. The van der Waals surface area contributed by atoms with Crippen LogP contribution in [-0.4, -0.2) is 25.0 Å². The summed E-state index contributed by atoms with van der Waals surface area (Å²) < 4.78 is 19.3. The minimum absolute atomic E-state index is 0.0860. The summed E-state index contributed by atoms with van der Waals surface area (Å²) in [7, 11) is 1.57. The number of fused-ring (bicyclic) bond motifs is 1. The Morgan fingerprint density at radius 2 is 1.62 bits per heavy atom. The van der Waals surface area contributed by atoms with Crippen molar-refractivity contribution in [1.29, 1.82) is 0 Å². The quantitative estimate of drug-likeness (QED) is 0.544. The Hall–Kier alpha value is -3.42. The van der Waals surface area contributed by atoms with Gasteiger partial charge in [-0.15, -0.1) is 0 Å². The first-order valence-electron chi connectivity index (χ1n) is 9.97. The summed E-state index contributed by atoms with van der Waals surface area (Å²) in [4.78, 5) is 33.7. The maximum absolute atomic E-state index is 14.0. The van der Waals surface area contributed by atoms with Crippen LogP contribution in [0, 0.1) is 11.7 Å². The molecule has 2 heterocycles. The molecule has 2 fully saturated rings. The van der Waals surface area contributed by atoms with Crippen molar-refractivity contribution >= 4 is 34.8 Å². The summed E-state index contributed by atoms with van der Waals surface area (Å²) in [6.45, 7) is 0. The van der Waals surface area contributed by atoms with Gasteiger partial charge in [0.15, 0.2) is 6.10 Å². The highest BCUT2D eigenvalue weighted by Crippen LogP contribution is 2.47. The Kier molecular flexibility index (Phi) is 5.07. The SMILES string of the molecule is COc1ccc(N2O[C@@H]3C(=O)N(c4ccc(Cl)c(F)c4)C(=O)[C@H]3[C@H]2c2ccccc2)cc1. The second-order valence-electron chi connectivity index (χ2n) is 7.54. The van der Waals surface area contributed by atoms with Gasteiger partial charge in [0.2, 0.25) is 5.91 Å². The van der Waals surface area contributed by atoms with E-state index in [1.165, 1.54) is 12.1 Å². The molecular formula is C24H18ClFN2O4. The minimum Gasteiger partial charge on any atom is -0.497 e. The van der Waals surface area contributed by atoms with Crippen molar-refractivity contribution in [2.45, 2.75) is 12.1 Å². The number of imide groups is 1. The van der Waals surface area contributed by atoms with Crippen molar-refractivity contribution in [2.75, 3.05) is 17.1 Å². The number of hydrogen-bond acceptors (Lipinski definition) is 5. The molecule has 32 heavy (non-hydrogen) atoms. The third-order valence-corrected chi connectivity index (χ3v) is 6.05. The number of ether oxygens (including phenoxy) is 1. The highest BCUT2D eigenvalue weighted by atomic mass is 35.5. The third-order valence-electron chi connectivity index (χ3n) is 5.74. The molecule has 6 nitrogen and oxygen atoms in total. The molecule has 0 saturated carbocycles. The molecule has 5 rings (SSSR count). The zero-order valence-electron chi connectivity index (χ0n) is 16.9. The van der Waals surface area contributed by atoms with Crippen molar-refractivity contribution in [3.8, 4) is 5.75 Å². The molecule has 3 aromatic carbocycles. The smallest absolute Gasteiger partial charge is 0.266 e. The summed E-state index contributed by atoms with van der Waals surface area (Å²) in [6.07, 6.45) is -1.03. The number of nitrogens with zero attached hydrogens (tertiary/aromatic N) is 2. The molecule has 2 amide bonds. The van der Waals surface area contributed by atoms with Gasteiger partial charge in [-0.05, 0) is 48.0 Å². The molecule has 8 heteroatoms. The standard InChI is InChI=1S/C24H18ClFN2O4/c1-31-17-10-7-15(8-11-17)28-21(14-5-3-2-4-6-14)20-22(32-28)24(30)27(23(20)29)16-9-12-18(25)19(26)13-16/h2-13,20-22H,1H3/t20-,21+,22-/m0/s1. The topological polar surface area (TPSA) is 59.1 Å². The summed E-state index contributed by atoms with van der Waals surface area (Å²) in [5.74, 6) is -1.83. The fraction of sp³-hybridized carbons (Fsp3) is 0.167. The van der Waals surface area contributed by atoms with E-state index in [2.05, 4.69) is 0 Å². The lowest BCUT2D eigenvalue weighted by Gasteiger charge is -2.28. The largest absolute Gasteiger partial charge is 0.497 e. The van der Waals surface area contributed by atoms with Crippen molar-refractivity contribution in [3.05, 3.63) is 89.2 Å². The van der Waals surface area contributed by atoms with E-state index >= 15 is 0 Å². The molecular weight excluding hydrogens is 435 g/mol. The molecule has 0 N–H and O–H groups in total. The predicted octanol–water partition coefficient (Wildman–Crippen LogP) is 4.54. The molecule has 0 aromatic heterocycles. The van der Waals surface area contributed by atoms with E-state index in [-0.39, 0.29) is 10.7 Å². The van der Waals surface area contributed by atoms with Gasteiger partial charge in [-0.25, -0.2) is 14.4 Å². The van der Waals surface area contributed by atoms with E-state index in [0.717, 1.165) is 16.5 Å². The first kappa shape index (κ1) is 20.5. The number of amides is 2. The van der Waals surface area contributed by atoms with Gasteiger partial charge in [-0.2, -0.15) is 0 Å². The highest BCUT2D eigenvalue weighted by molar-refractivity contribution is 6.31. The van der Waals surface area contributed by atoms with Gasteiger partial charge in [0.1, 0.15) is 17.5 Å². The van der Waals surface area contributed by atoms with Crippen molar-refractivity contribution in [3.63, 3.8) is 0 Å². The molecule has 0 spiro atoms. The van der Waals surface area contributed by atoms with Crippen LogP contribution in [0.25, 0.3) is 0 Å².